The lowest BCUT2D eigenvalue weighted by Gasteiger charge is -2.08. The van der Waals surface area contributed by atoms with Gasteiger partial charge in [-0.15, -0.1) is 11.3 Å². The first-order chi connectivity index (χ1) is 17.3. The molecular formula is C26H22N4O4S2. The Labute approximate surface area is 214 Å². The van der Waals surface area contributed by atoms with Crippen molar-refractivity contribution in [1.82, 2.24) is 14.5 Å². The highest BCUT2D eigenvalue weighted by atomic mass is 32.1. The fourth-order valence-electron chi connectivity index (χ4n) is 4.03. The number of thiophene rings is 1. The molecule has 3 aromatic heterocycles. The van der Waals surface area contributed by atoms with Gasteiger partial charge in [-0.25, -0.2) is 14.8 Å². The highest BCUT2D eigenvalue weighted by molar-refractivity contribution is 7.22. The third kappa shape index (κ3) is 4.52. The van der Waals surface area contributed by atoms with Crippen LogP contribution in [0.3, 0.4) is 0 Å². The first-order valence-corrected chi connectivity index (χ1v) is 13.0. The zero-order chi connectivity index (χ0) is 25.4. The number of carbonyl (C=O) groups excluding carboxylic acids is 2. The minimum atomic E-state index is -0.408. The van der Waals surface area contributed by atoms with Crippen LogP contribution >= 0.6 is 22.7 Å². The molecule has 8 nitrogen and oxygen atoms in total. The number of aryl methyl sites for hydroxylation is 2. The molecular weight excluding hydrogens is 496 g/mol. The van der Waals surface area contributed by atoms with Crippen LogP contribution < -0.4 is 10.9 Å². The molecule has 5 rings (SSSR count). The van der Waals surface area contributed by atoms with Gasteiger partial charge in [0.05, 0.1) is 34.1 Å². The maximum absolute atomic E-state index is 13.3. The van der Waals surface area contributed by atoms with E-state index in [2.05, 4.69) is 21.4 Å². The predicted molar refractivity (Wildman–Crippen MR) is 143 cm³/mol. The molecule has 2 aromatic carbocycles. The number of hydrogen-bond acceptors (Lipinski definition) is 8. The summed E-state index contributed by atoms with van der Waals surface area (Å²) in [6, 6.07) is 11.1. The van der Waals surface area contributed by atoms with Crippen LogP contribution in [0.25, 0.3) is 31.6 Å². The van der Waals surface area contributed by atoms with Gasteiger partial charge < -0.3 is 10.1 Å². The van der Waals surface area contributed by atoms with E-state index >= 15 is 0 Å². The number of anilines is 1. The summed E-state index contributed by atoms with van der Waals surface area (Å²) in [6.45, 7) is 5.88. The summed E-state index contributed by atoms with van der Waals surface area (Å²) in [5, 5.41) is 5.58. The Bertz CT molecular complexity index is 1700. The van der Waals surface area contributed by atoms with Gasteiger partial charge in [0.2, 0.25) is 5.91 Å². The van der Waals surface area contributed by atoms with Gasteiger partial charge in [0.15, 0.2) is 5.13 Å². The molecule has 0 aliphatic heterocycles. The normalized spacial score (nSPS) is 11.2. The number of amides is 1. The van der Waals surface area contributed by atoms with Crippen molar-refractivity contribution in [3.05, 3.63) is 75.1 Å². The Morgan fingerprint density at radius 1 is 1.11 bits per heavy atom. The summed E-state index contributed by atoms with van der Waals surface area (Å²) in [6.07, 6.45) is 1.40. The average molecular weight is 519 g/mol. The SMILES string of the molecule is CCOC(=O)c1ccc2nc(NC(=O)Cn3cnc4scc(-c5ccc(C)cc5C)c4c3=O)sc2c1. The van der Waals surface area contributed by atoms with E-state index in [0.717, 1.165) is 27.0 Å². The van der Waals surface area contributed by atoms with Gasteiger partial charge in [-0.3, -0.25) is 14.2 Å². The van der Waals surface area contributed by atoms with E-state index in [-0.39, 0.29) is 12.1 Å². The summed E-state index contributed by atoms with van der Waals surface area (Å²) in [7, 11) is 0. The van der Waals surface area contributed by atoms with Gasteiger partial charge in [-0.2, -0.15) is 0 Å². The molecule has 0 saturated heterocycles. The molecule has 0 radical (unpaired) electrons. The minimum Gasteiger partial charge on any atom is -0.462 e. The Hall–Kier alpha value is -3.89. The number of ether oxygens (including phenoxy) is 1. The number of hydrogen-bond donors (Lipinski definition) is 1. The standard InChI is InChI=1S/C26H22N4O4S2/c1-4-34-25(33)16-6-8-19-20(10-16)36-26(28-19)29-21(31)11-30-13-27-23-22(24(30)32)18(12-35-23)17-7-5-14(2)9-15(17)3/h5-10,12-13H,4,11H2,1-3H3,(H,28,29,31). The Balaban J connectivity index is 1.39. The maximum Gasteiger partial charge on any atom is 0.338 e. The largest absolute Gasteiger partial charge is 0.462 e. The van der Waals surface area contributed by atoms with E-state index in [1.807, 2.05) is 31.4 Å². The summed E-state index contributed by atoms with van der Waals surface area (Å²) in [5.74, 6) is -0.805. The molecule has 0 bridgehead atoms. The van der Waals surface area contributed by atoms with Gasteiger partial charge >= 0.3 is 5.97 Å². The van der Waals surface area contributed by atoms with E-state index in [4.69, 9.17) is 4.74 Å². The molecule has 3 heterocycles. The van der Waals surface area contributed by atoms with Crippen LogP contribution in [-0.4, -0.2) is 33.0 Å². The number of carbonyl (C=O) groups is 2. The molecule has 0 aliphatic rings. The summed E-state index contributed by atoms with van der Waals surface area (Å²) in [4.78, 5) is 47.6. The average Bonchev–Trinajstić information content (AvgIpc) is 3.44. The fraction of sp³-hybridized carbons (Fsp3) is 0.192. The molecule has 36 heavy (non-hydrogen) atoms. The first-order valence-electron chi connectivity index (χ1n) is 11.3. The van der Waals surface area contributed by atoms with Crippen LogP contribution in [-0.2, 0) is 16.1 Å². The quantitative estimate of drug-likeness (QED) is 0.311. The predicted octanol–water partition coefficient (Wildman–Crippen LogP) is 5.17. The van der Waals surface area contributed by atoms with E-state index in [1.165, 1.54) is 33.6 Å². The van der Waals surface area contributed by atoms with Crippen molar-refractivity contribution in [3.63, 3.8) is 0 Å². The lowest BCUT2D eigenvalue weighted by molar-refractivity contribution is -0.116. The van der Waals surface area contributed by atoms with Crippen molar-refractivity contribution >= 4 is 60.1 Å². The topological polar surface area (TPSA) is 103 Å². The van der Waals surface area contributed by atoms with E-state index in [9.17, 15) is 14.4 Å². The van der Waals surface area contributed by atoms with Gasteiger partial charge in [-0.1, -0.05) is 35.1 Å². The molecule has 0 fully saturated rings. The van der Waals surface area contributed by atoms with Gasteiger partial charge in [0.25, 0.3) is 5.56 Å². The van der Waals surface area contributed by atoms with Crippen molar-refractivity contribution in [2.75, 3.05) is 11.9 Å². The van der Waals surface area contributed by atoms with Crippen molar-refractivity contribution < 1.29 is 14.3 Å². The van der Waals surface area contributed by atoms with Crippen LogP contribution in [0.2, 0.25) is 0 Å². The molecule has 10 heteroatoms. The smallest absolute Gasteiger partial charge is 0.338 e. The fourth-order valence-corrected chi connectivity index (χ4v) is 5.85. The lowest BCUT2D eigenvalue weighted by atomic mass is 9.99. The highest BCUT2D eigenvalue weighted by Crippen LogP contribution is 2.33. The molecule has 5 aromatic rings. The highest BCUT2D eigenvalue weighted by Gasteiger charge is 2.17. The summed E-state index contributed by atoms with van der Waals surface area (Å²) in [5.41, 5.74) is 4.83. The Morgan fingerprint density at radius 2 is 1.94 bits per heavy atom. The van der Waals surface area contributed by atoms with Crippen LogP contribution in [0, 0.1) is 13.8 Å². The maximum atomic E-state index is 13.3. The van der Waals surface area contributed by atoms with Crippen molar-refractivity contribution in [3.8, 4) is 11.1 Å². The third-order valence-corrected chi connectivity index (χ3v) is 7.51. The third-order valence-electron chi connectivity index (χ3n) is 5.69. The lowest BCUT2D eigenvalue weighted by Crippen LogP contribution is -2.27. The Kier molecular flexibility index (Phi) is 6.38. The molecule has 0 aliphatic carbocycles. The van der Waals surface area contributed by atoms with Crippen LogP contribution in [0.5, 0.6) is 0 Å². The molecule has 182 valence electrons. The van der Waals surface area contributed by atoms with Gasteiger partial charge in [0.1, 0.15) is 11.4 Å². The second-order valence-corrected chi connectivity index (χ2v) is 10.2. The number of fused-ring (bicyclic) bond motifs is 2. The van der Waals surface area contributed by atoms with Crippen molar-refractivity contribution in [2.45, 2.75) is 27.3 Å². The zero-order valence-corrected chi connectivity index (χ0v) is 21.5. The van der Waals surface area contributed by atoms with E-state index in [0.29, 0.717) is 33.0 Å². The van der Waals surface area contributed by atoms with Crippen LogP contribution in [0.4, 0.5) is 5.13 Å². The first kappa shape index (κ1) is 23.8. The molecule has 0 atom stereocenters. The van der Waals surface area contributed by atoms with Crippen LogP contribution in [0.15, 0.2) is 52.9 Å². The van der Waals surface area contributed by atoms with Gasteiger partial charge in [-0.05, 0) is 50.1 Å². The second-order valence-electron chi connectivity index (χ2n) is 8.30. The minimum absolute atomic E-state index is 0.200. The molecule has 0 saturated carbocycles. The van der Waals surface area contributed by atoms with Gasteiger partial charge in [0, 0.05) is 10.9 Å². The van der Waals surface area contributed by atoms with Crippen molar-refractivity contribution in [2.24, 2.45) is 0 Å². The number of aromatic nitrogens is 3. The van der Waals surface area contributed by atoms with Crippen molar-refractivity contribution in [1.29, 1.82) is 0 Å². The number of nitrogens with zero attached hydrogens (tertiary/aromatic N) is 3. The molecule has 1 amide bonds. The summed E-state index contributed by atoms with van der Waals surface area (Å²) >= 11 is 2.65. The molecule has 1 N–H and O–H groups in total. The second kappa shape index (κ2) is 9.63. The Morgan fingerprint density at radius 3 is 2.72 bits per heavy atom. The zero-order valence-electron chi connectivity index (χ0n) is 19.8. The number of rotatable bonds is 6. The number of esters is 1. The monoisotopic (exact) mass is 518 g/mol. The number of thiazole rings is 1. The summed E-state index contributed by atoms with van der Waals surface area (Å²) < 4.78 is 7.09. The molecule has 0 unspecified atom stereocenters. The molecule has 0 spiro atoms. The van der Waals surface area contributed by atoms with E-state index < -0.39 is 11.9 Å². The van der Waals surface area contributed by atoms with Crippen LogP contribution in [0.1, 0.15) is 28.4 Å². The van der Waals surface area contributed by atoms with E-state index in [1.54, 1.807) is 25.1 Å². The number of benzene rings is 2. The number of nitrogens with one attached hydrogen (secondary N) is 1.